The van der Waals surface area contributed by atoms with Crippen molar-refractivity contribution in [2.45, 2.75) is 26.4 Å². The number of hydrogen-bond acceptors (Lipinski definition) is 4. The molecule has 1 heterocycles. The van der Waals surface area contributed by atoms with Crippen LogP contribution < -0.4 is 14.8 Å². The van der Waals surface area contributed by atoms with Gasteiger partial charge in [0.05, 0.1) is 12.4 Å². The van der Waals surface area contributed by atoms with Gasteiger partial charge in [-0.25, -0.2) is 0 Å². The highest BCUT2D eigenvalue weighted by Crippen LogP contribution is 2.17. The molecule has 0 aliphatic rings. The molecule has 1 aromatic heterocycles. The van der Waals surface area contributed by atoms with Crippen LogP contribution in [0.25, 0.3) is 0 Å². The van der Waals surface area contributed by atoms with Crippen LogP contribution in [-0.4, -0.2) is 30.0 Å². The smallest absolute Gasteiger partial charge is 0.157 e. The molecule has 5 nitrogen and oxygen atoms in total. The molecule has 2 aromatic rings. The molecule has 1 aromatic carbocycles. The fourth-order valence-electron chi connectivity index (χ4n) is 2.06. The molecule has 0 aliphatic heterocycles. The minimum absolute atomic E-state index is 0.506. The molecule has 0 saturated heterocycles. The van der Waals surface area contributed by atoms with Crippen LogP contribution in [0.4, 0.5) is 0 Å². The van der Waals surface area contributed by atoms with Gasteiger partial charge in [-0.2, -0.15) is 5.10 Å². The summed E-state index contributed by atoms with van der Waals surface area (Å²) >= 11 is 0. The Morgan fingerprint density at radius 2 is 2.00 bits per heavy atom. The maximum Gasteiger partial charge on any atom is 0.157 e. The van der Waals surface area contributed by atoms with Gasteiger partial charge in [0.15, 0.2) is 5.75 Å². The van der Waals surface area contributed by atoms with E-state index in [2.05, 4.69) is 23.4 Å². The second-order valence-electron chi connectivity index (χ2n) is 4.77. The van der Waals surface area contributed by atoms with E-state index in [0.717, 1.165) is 36.6 Å². The Hall–Kier alpha value is -2.01. The fraction of sp³-hybridized carbons (Fsp3) is 0.438. The Balaban J connectivity index is 1.76. The van der Waals surface area contributed by atoms with Crippen molar-refractivity contribution in [3.8, 4) is 11.5 Å². The van der Waals surface area contributed by atoms with Gasteiger partial charge in [0.1, 0.15) is 19.0 Å². The molecule has 1 N–H and O–H groups in total. The van der Waals surface area contributed by atoms with Crippen molar-refractivity contribution in [1.82, 2.24) is 15.1 Å². The first-order chi connectivity index (χ1) is 10.3. The number of benzene rings is 1. The molecule has 5 heteroatoms. The summed E-state index contributed by atoms with van der Waals surface area (Å²) in [7, 11) is 1.92. The van der Waals surface area contributed by atoms with E-state index in [-0.39, 0.29) is 0 Å². The minimum Gasteiger partial charge on any atom is -0.490 e. The van der Waals surface area contributed by atoms with E-state index in [4.69, 9.17) is 9.47 Å². The highest BCUT2D eigenvalue weighted by Gasteiger charge is 2.03. The number of aromatic nitrogens is 2. The number of nitrogens with one attached hydrogen (secondary N) is 1. The second-order valence-corrected chi connectivity index (χ2v) is 4.77. The number of aryl methyl sites for hydroxylation is 1. The Morgan fingerprint density at radius 3 is 2.81 bits per heavy atom. The Kier molecular flexibility index (Phi) is 6.09. The summed E-state index contributed by atoms with van der Waals surface area (Å²) in [4.78, 5) is 0. The van der Waals surface area contributed by atoms with Gasteiger partial charge in [0, 0.05) is 18.7 Å². The molecule has 0 amide bonds. The van der Waals surface area contributed by atoms with Crippen molar-refractivity contribution in [3.05, 3.63) is 42.2 Å². The van der Waals surface area contributed by atoms with E-state index < -0.39 is 0 Å². The molecule has 21 heavy (non-hydrogen) atoms. The van der Waals surface area contributed by atoms with E-state index in [1.807, 2.05) is 36.1 Å². The molecular formula is C16H23N3O2. The summed E-state index contributed by atoms with van der Waals surface area (Å²) in [6.45, 7) is 4.85. The second kappa shape index (κ2) is 8.32. The SMILES string of the molecule is CCCn1cc(OCCOc2ccccc2CNC)cn1. The molecule has 0 aliphatic carbocycles. The van der Waals surface area contributed by atoms with Crippen LogP contribution in [0.5, 0.6) is 11.5 Å². The van der Waals surface area contributed by atoms with Gasteiger partial charge in [0.25, 0.3) is 0 Å². The molecule has 0 radical (unpaired) electrons. The van der Waals surface area contributed by atoms with Crippen molar-refractivity contribution >= 4 is 0 Å². The molecule has 0 fully saturated rings. The first-order valence-electron chi connectivity index (χ1n) is 7.34. The highest BCUT2D eigenvalue weighted by atomic mass is 16.5. The van der Waals surface area contributed by atoms with Gasteiger partial charge >= 0.3 is 0 Å². The third-order valence-corrected chi connectivity index (χ3v) is 3.01. The zero-order valence-electron chi connectivity index (χ0n) is 12.7. The topological polar surface area (TPSA) is 48.3 Å². The Bertz CT molecular complexity index is 540. The van der Waals surface area contributed by atoms with Crippen LogP contribution in [0.1, 0.15) is 18.9 Å². The molecule has 0 unspecified atom stereocenters. The predicted octanol–water partition coefficient (Wildman–Crippen LogP) is 2.47. The minimum atomic E-state index is 0.506. The van der Waals surface area contributed by atoms with Gasteiger partial charge in [0.2, 0.25) is 0 Å². The lowest BCUT2D eigenvalue weighted by atomic mass is 10.2. The van der Waals surface area contributed by atoms with E-state index in [1.165, 1.54) is 0 Å². The van der Waals surface area contributed by atoms with E-state index in [0.29, 0.717) is 13.2 Å². The monoisotopic (exact) mass is 289 g/mol. The molecule has 0 saturated carbocycles. The van der Waals surface area contributed by atoms with Crippen molar-refractivity contribution in [1.29, 1.82) is 0 Å². The number of nitrogens with zero attached hydrogens (tertiary/aromatic N) is 2. The maximum absolute atomic E-state index is 5.77. The zero-order chi connectivity index (χ0) is 14.9. The van der Waals surface area contributed by atoms with Crippen LogP contribution in [0.15, 0.2) is 36.7 Å². The third kappa shape index (κ3) is 4.79. The van der Waals surface area contributed by atoms with Crippen LogP contribution in [0, 0.1) is 0 Å². The van der Waals surface area contributed by atoms with Crippen molar-refractivity contribution < 1.29 is 9.47 Å². The lowest BCUT2D eigenvalue weighted by Gasteiger charge is -2.11. The van der Waals surface area contributed by atoms with E-state index in [1.54, 1.807) is 6.20 Å². The predicted molar refractivity (Wildman–Crippen MR) is 82.7 cm³/mol. The van der Waals surface area contributed by atoms with Gasteiger partial charge in [-0.1, -0.05) is 25.1 Å². The summed E-state index contributed by atoms with van der Waals surface area (Å²) in [5, 5.41) is 7.36. The van der Waals surface area contributed by atoms with E-state index in [9.17, 15) is 0 Å². The summed E-state index contributed by atoms with van der Waals surface area (Å²) in [5.41, 5.74) is 1.15. The van der Waals surface area contributed by atoms with Gasteiger partial charge in [-0.15, -0.1) is 0 Å². The number of ether oxygens (including phenoxy) is 2. The molecule has 2 rings (SSSR count). The first-order valence-corrected chi connectivity index (χ1v) is 7.34. The summed E-state index contributed by atoms with van der Waals surface area (Å²) in [6.07, 6.45) is 4.72. The largest absolute Gasteiger partial charge is 0.490 e. The molecule has 0 bridgehead atoms. The zero-order valence-corrected chi connectivity index (χ0v) is 12.7. The first kappa shape index (κ1) is 15.4. The third-order valence-electron chi connectivity index (χ3n) is 3.01. The van der Waals surface area contributed by atoms with Gasteiger partial charge < -0.3 is 14.8 Å². The summed E-state index contributed by atoms with van der Waals surface area (Å²) in [5.74, 6) is 1.69. The Labute approximate surface area is 125 Å². The molecule has 0 spiro atoms. The highest BCUT2D eigenvalue weighted by molar-refractivity contribution is 5.33. The van der Waals surface area contributed by atoms with Gasteiger partial charge in [-0.05, 0) is 19.5 Å². The van der Waals surface area contributed by atoms with Crippen molar-refractivity contribution in [3.63, 3.8) is 0 Å². The van der Waals surface area contributed by atoms with Crippen molar-refractivity contribution in [2.75, 3.05) is 20.3 Å². The summed E-state index contributed by atoms with van der Waals surface area (Å²) in [6, 6.07) is 8.02. The Morgan fingerprint density at radius 1 is 1.19 bits per heavy atom. The van der Waals surface area contributed by atoms with E-state index >= 15 is 0 Å². The lowest BCUT2D eigenvalue weighted by Crippen LogP contribution is -2.12. The molecule has 0 atom stereocenters. The quantitative estimate of drug-likeness (QED) is 0.720. The van der Waals surface area contributed by atoms with Crippen LogP contribution >= 0.6 is 0 Å². The molecule has 114 valence electrons. The number of para-hydroxylation sites is 1. The van der Waals surface area contributed by atoms with Crippen LogP contribution in [0.3, 0.4) is 0 Å². The number of rotatable bonds is 9. The normalized spacial score (nSPS) is 10.6. The lowest BCUT2D eigenvalue weighted by molar-refractivity contribution is 0.215. The standard InChI is InChI=1S/C16H23N3O2/c1-3-8-19-13-15(12-18-19)20-9-10-21-16-7-5-4-6-14(16)11-17-2/h4-7,12-13,17H,3,8-11H2,1-2H3. The average molecular weight is 289 g/mol. The summed E-state index contributed by atoms with van der Waals surface area (Å²) < 4.78 is 13.3. The van der Waals surface area contributed by atoms with Crippen molar-refractivity contribution in [2.24, 2.45) is 0 Å². The van der Waals surface area contributed by atoms with Gasteiger partial charge in [-0.3, -0.25) is 4.68 Å². The average Bonchev–Trinajstić information content (AvgIpc) is 2.93. The van der Waals surface area contributed by atoms with Crippen LogP contribution in [0.2, 0.25) is 0 Å². The van der Waals surface area contributed by atoms with Crippen LogP contribution in [-0.2, 0) is 13.1 Å². The fourth-order valence-corrected chi connectivity index (χ4v) is 2.06. The molecular weight excluding hydrogens is 266 g/mol. The number of hydrogen-bond donors (Lipinski definition) is 1. The maximum atomic E-state index is 5.77.